The number of anilines is 1. The maximum atomic E-state index is 13.7. The van der Waals surface area contributed by atoms with E-state index in [1.54, 1.807) is 12.1 Å². The van der Waals surface area contributed by atoms with Crippen LogP contribution in [0.5, 0.6) is 0 Å². The van der Waals surface area contributed by atoms with Crippen LogP contribution in [0.4, 0.5) is 10.1 Å². The Kier molecular flexibility index (Phi) is 5.17. The first-order chi connectivity index (χ1) is 13.2. The smallest absolute Gasteiger partial charge is 0.123 e. The third kappa shape index (κ3) is 3.71. The van der Waals surface area contributed by atoms with Gasteiger partial charge in [0.15, 0.2) is 0 Å². The molecule has 0 aliphatic carbocycles. The van der Waals surface area contributed by atoms with Gasteiger partial charge in [0, 0.05) is 23.2 Å². The predicted molar refractivity (Wildman–Crippen MR) is 123 cm³/mol. The second-order valence-corrected chi connectivity index (χ2v) is 11.8. The zero-order valence-corrected chi connectivity index (χ0v) is 19.8. The van der Waals surface area contributed by atoms with E-state index in [1.807, 2.05) is 6.07 Å². The van der Waals surface area contributed by atoms with Gasteiger partial charge >= 0.3 is 0 Å². The number of halogens is 1. The number of hydrogen-bond acceptors (Lipinski definition) is 1. The molecular formula is C27H38FN. The van der Waals surface area contributed by atoms with Crippen LogP contribution in [0.1, 0.15) is 79.0 Å². The summed E-state index contributed by atoms with van der Waals surface area (Å²) in [7, 11) is 0. The van der Waals surface area contributed by atoms with Gasteiger partial charge in [0.1, 0.15) is 5.82 Å². The molecule has 3 rings (SSSR count). The first-order valence-electron chi connectivity index (χ1n) is 10.8. The minimum Gasteiger partial charge on any atom is -0.366 e. The normalized spacial score (nSPS) is 16.8. The molecule has 0 saturated carbocycles. The SMILES string of the molecule is CC(C)(C)N1CC(C(C)(C)C)(C(C)(C)C)c2cc(Cc3cccc(F)c3)ccc21. The molecule has 1 aliphatic rings. The Morgan fingerprint density at radius 1 is 0.828 bits per heavy atom. The number of benzene rings is 2. The molecule has 2 aromatic rings. The van der Waals surface area contributed by atoms with Gasteiger partial charge in [-0.15, -0.1) is 0 Å². The Hall–Kier alpha value is -1.83. The van der Waals surface area contributed by atoms with Crippen LogP contribution in [0.15, 0.2) is 42.5 Å². The minimum absolute atomic E-state index is 0.0144. The van der Waals surface area contributed by atoms with Crippen LogP contribution < -0.4 is 4.90 Å². The summed E-state index contributed by atoms with van der Waals surface area (Å²) in [6.07, 6.45) is 0.755. The predicted octanol–water partition coefficient (Wildman–Crippen LogP) is 7.37. The van der Waals surface area contributed by atoms with Gasteiger partial charge in [-0.25, -0.2) is 4.39 Å². The van der Waals surface area contributed by atoms with E-state index in [0.717, 1.165) is 18.5 Å². The van der Waals surface area contributed by atoms with Crippen molar-refractivity contribution in [2.75, 3.05) is 11.4 Å². The summed E-state index contributed by atoms with van der Waals surface area (Å²) in [5.74, 6) is -0.165. The lowest BCUT2D eigenvalue weighted by Gasteiger charge is -2.53. The standard InChI is InChI=1S/C27H38FN/c1-24(2,3)27(25(4,5)6)18-29(26(7,8)9)23-14-13-20(17-22(23)27)15-19-11-10-12-21(28)16-19/h10-14,16-17H,15,18H2,1-9H3. The van der Waals surface area contributed by atoms with Crippen LogP contribution in [0.2, 0.25) is 0 Å². The summed E-state index contributed by atoms with van der Waals surface area (Å²) in [6, 6.07) is 13.9. The topological polar surface area (TPSA) is 3.24 Å². The third-order valence-electron chi connectivity index (χ3n) is 6.87. The molecule has 1 nitrogen and oxygen atoms in total. The van der Waals surface area contributed by atoms with E-state index in [9.17, 15) is 4.39 Å². The summed E-state index contributed by atoms with van der Waals surface area (Å²) < 4.78 is 13.7. The maximum absolute atomic E-state index is 13.7. The molecule has 2 aromatic carbocycles. The molecule has 158 valence electrons. The van der Waals surface area contributed by atoms with E-state index in [4.69, 9.17) is 0 Å². The third-order valence-corrected chi connectivity index (χ3v) is 6.87. The molecule has 0 atom stereocenters. The maximum Gasteiger partial charge on any atom is 0.123 e. The Bertz CT molecular complexity index is 876. The zero-order chi connectivity index (χ0) is 21.8. The van der Waals surface area contributed by atoms with Gasteiger partial charge in [-0.2, -0.15) is 0 Å². The van der Waals surface area contributed by atoms with Gasteiger partial charge in [0.25, 0.3) is 0 Å². The molecule has 0 amide bonds. The summed E-state index contributed by atoms with van der Waals surface area (Å²) in [5.41, 5.74) is 5.33. The van der Waals surface area contributed by atoms with E-state index in [0.29, 0.717) is 0 Å². The van der Waals surface area contributed by atoms with Crippen molar-refractivity contribution in [2.45, 2.75) is 79.7 Å². The molecule has 0 aromatic heterocycles. The van der Waals surface area contributed by atoms with Crippen molar-refractivity contribution in [3.05, 3.63) is 65.0 Å². The number of nitrogens with zero attached hydrogens (tertiary/aromatic N) is 1. The quantitative estimate of drug-likeness (QED) is 0.513. The highest BCUT2D eigenvalue weighted by Crippen LogP contribution is 2.60. The van der Waals surface area contributed by atoms with Gasteiger partial charge in [-0.3, -0.25) is 0 Å². The van der Waals surface area contributed by atoms with Crippen LogP contribution in [0.3, 0.4) is 0 Å². The van der Waals surface area contributed by atoms with Crippen molar-refractivity contribution in [1.29, 1.82) is 0 Å². The summed E-state index contributed by atoms with van der Waals surface area (Å²) in [5, 5.41) is 0. The highest BCUT2D eigenvalue weighted by Gasteiger charge is 2.58. The summed E-state index contributed by atoms with van der Waals surface area (Å²) >= 11 is 0. The molecule has 0 N–H and O–H groups in total. The molecule has 0 unspecified atom stereocenters. The molecule has 0 fully saturated rings. The van der Waals surface area contributed by atoms with Crippen molar-refractivity contribution in [1.82, 2.24) is 0 Å². The molecular weight excluding hydrogens is 357 g/mol. The molecule has 1 aliphatic heterocycles. The van der Waals surface area contributed by atoms with E-state index in [-0.39, 0.29) is 27.6 Å². The van der Waals surface area contributed by atoms with Crippen LogP contribution in [-0.4, -0.2) is 12.1 Å². The largest absolute Gasteiger partial charge is 0.366 e. The molecule has 0 bridgehead atoms. The van der Waals surface area contributed by atoms with Crippen LogP contribution in [0, 0.1) is 16.6 Å². The van der Waals surface area contributed by atoms with Crippen molar-refractivity contribution in [3.8, 4) is 0 Å². The first-order valence-corrected chi connectivity index (χ1v) is 10.8. The Morgan fingerprint density at radius 2 is 1.41 bits per heavy atom. The summed E-state index contributed by atoms with van der Waals surface area (Å²) in [4.78, 5) is 2.59. The zero-order valence-electron chi connectivity index (χ0n) is 19.8. The fourth-order valence-electron chi connectivity index (χ4n) is 5.57. The lowest BCUT2D eigenvalue weighted by molar-refractivity contribution is 0.0635. The Balaban J connectivity index is 2.19. The number of rotatable bonds is 2. The van der Waals surface area contributed by atoms with E-state index in [1.165, 1.54) is 22.9 Å². The van der Waals surface area contributed by atoms with Crippen molar-refractivity contribution < 1.29 is 4.39 Å². The minimum atomic E-state index is -0.165. The first kappa shape index (κ1) is 21.9. The number of hydrogen-bond donors (Lipinski definition) is 0. The monoisotopic (exact) mass is 395 g/mol. The van der Waals surface area contributed by atoms with E-state index < -0.39 is 0 Å². The van der Waals surface area contributed by atoms with Crippen LogP contribution in [0.25, 0.3) is 0 Å². The van der Waals surface area contributed by atoms with Crippen molar-refractivity contribution in [2.24, 2.45) is 10.8 Å². The fraction of sp³-hybridized carbons (Fsp3) is 0.556. The lowest BCUT2D eigenvalue weighted by Crippen LogP contribution is -2.55. The van der Waals surface area contributed by atoms with Crippen LogP contribution >= 0.6 is 0 Å². The van der Waals surface area contributed by atoms with Gasteiger partial charge in [-0.1, -0.05) is 65.8 Å². The van der Waals surface area contributed by atoms with E-state index in [2.05, 4.69) is 85.4 Å². The lowest BCUT2D eigenvalue weighted by atomic mass is 9.52. The fourth-order valence-corrected chi connectivity index (χ4v) is 5.57. The second-order valence-electron chi connectivity index (χ2n) is 11.8. The van der Waals surface area contributed by atoms with Gasteiger partial charge in [0.2, 0.25) is 0 Å². The van der Waals surface area contributed by atoms with E-state index >= 15 is 0 Å². The number of fused-ring (bicyclic) bond motifs is 1. The average molecular weight is 396 g/mol. The Labute approximate surface area is 177 Å². The molecule has 29 heavy (non-hydrogen) atoms. The molecule has 0 spiro atoms. The van der Waals surface area contributed by atoms with Gasteiger partial charge < -0.3 is 4.90 Å². The Morgan fingerprint density at radius 3 is 1.93 bits per heavy atom. The van der Waals surface area contributed by atoms with Gasteiger partial charge in [0.05, 0.1) is 0 Å². The molecule has 0 saturated heterocycles. The van der Waals surface area contributed by atoms with Crippen molar-refractivity contribution >= 4 is 5.69 Å². The average Bonchev–Trinajstić information content (AvgIpc) is 2.90. The van der Waals surface area contributed by atoms with Crippen LogP contribution in [-0.2, 0) is 11.8 Å². The molecule has 0 radical (unpaired) electrons. The molecule has 1 heterocycles. The highest BCUT2D eigenvalue weighted by atomic mass is 19.1. The van der Waals surface area contributed by atoms with Gasteiger partial charge in [-0.05, 0) is 72.9 Å². The second kappa shape index (κ2) is 6.86. The summed E-state index contributed by atoms with van der Waals surface area (Å²) in [6.45, 7) is 22.2. The highest BCUT2D eigenvalue weighted by molar-refractivity contribution is 5.67. The molecule has 2 heteroatoms. The van der Waals surface area contributed by atoms with Crippen molar-refractivity contribution in [3.63, 3.8) is 0 Å².